The predicted molar refractivity (Wildman–Crippen MR) is 60.9 cm³/mol. The molecule has 0 fully saturated rings. The number of benzene rings is 1. The van der Waals surface area contributed by atoms with E-state index in [1.807, 2.05) is 37.3 Å². The second-order valence-electron chi connectivity index (χ2n) is 3.80. The van der Waals surface area contributed by atoms with Crippen molar-refractivity contribution in [2.75, 3.05) is 0 Å². The molecule has 0 bridgehead atoms. The van der Waals surface area contributed by atoms with E-state index in [0.717, 1.165) is 17.6 Å². The monoisotopic (exact) mass is 204 g/mol. The molecule has 2 nitrogen and oxygen atoms in total. The largest absolute Gasteiger partial charge is 0.481 e. The summed E-state index contributed by atoms with van der Waals surface area (Å²) in [4.78, 5) is 11.1. The van der Waals surface area contributed by atoms with Crippen LogP contribution in [0.2, 0.25) is 0 Å². The van der Waals surface area contributed by atoms with Gasteiger partial charge >= 0.3 is 5.97 Å². The van der Waals surface area contributed by atoms with Crippen LogP contribution in [0.25, 0.3) is 0 Å². The molecular weight excluding hydrogens is 188 g/mol. The van der Waals surface area contributed by atoms with Gasteiger partial charge in [-0.25, -0.2) is 0 Å². The Labute approximate surface area is 90.3 Å². The van der Waals surface area contributed by atoms with Gasteiger partial charge in [-0.15, -0.1) is 6.58 Å². The lowest BCUT2D eigenvalue weighted by molar-refractivity contribution is -0.138. The zero-order valence-corrected chi connectivity index (χ0v) is 8.94. The minimum atomic E-state index is -0.762. The fraction of sp³-hybridized carbons (Fsp3) is 0.308. The lowest BCUT2D eigenvalue weighted by Gasteiger charge is -2.12. The van der Waals surface area contributed by atoms with Crippen LogP contribution in [-0.4, -0.2) is 11.1 Å². The maximum Gasteiger partial charge on any atom is 0.310 e. The van der Waals surface area contributed by atoms with Gasteiger partial charge in [0.1, 0.15) is 0 Å². The lowest BCUT2D eigenvalue weighted by Crippen LogP contribution is -2.11. The van der Waals surface area contributed by atoms with Gasteiger partial charge in [-0.05, 0) is 25.3 Å². The summed E-state index contributed by atoms with van der Waals surface area (Å²) in [5, 5.41) is 9.11. The standard InChI is InChI=1S/C13H16O2/c1-10(2)8-9-12(13(14)15)11-6-4-3-5-7-11/h3-7,12H,1,8-9H2,2H3,(H,14,15). The van der Waals surface area contributed by atoms with E-state index < -0.39 is 11.9 Å². The first-order valence-corrected chi connectivity index (χ1v) is 5.03. The Bertz CT molecular complexity index is 341. The van der Waals surface area contributed by atoms with Gasteiger partial charge in [-0.3, -0.25) is 4.79 Å². The molecule has 0 aliphatic heterocycles. The molecular formula is C13H16O2. The number of rotatable bonds is 5. The Morgan fingerprint density at radius 1 is 1.40 bits per heavy atom. The van der Waals surface area contributed by atoms with Crippen LogP contribution in [0.3, 0.4) is 0 Å². The minimum absolute atomic E-state index is 0.414. The van der Waals surface area contributed by atoms with Crippen molar-refractivity contribution >= 4 is 5.97 Å². The number of allylic oxidation sites excluding steroid dienone is 1. The molecule has 0 heterocycles. The molecule has 80 valence electrons. The average molecular weight is 204 g/mol. The number of carbonyl (C=O) groups is 1. The first kappa shape index (κ1) is 11.5. The highest BCUT2D eigenvalue weighted by atomic mass is 16.4. The van der Waals surface area contributed by atoms with Crippen molar-refractivity contribution in [3.63, 3.8) is 0 Å². The van der Waals surface area contributed by atoms with E-state index in [0.29, 0.717) is 6.42 Å². The molecule has 1 N–H and O–H groups in total. The smallest absolute Gasteiger partial charge is 0.310 e. The minimum Gasteiger partial charge on any atom is -0.481 e. The van der Waals surface area contributed by atoms with E-state index in [4.69, 9.17) is 5.11 Å². The molecule has 0 saturated carbocycles. The highest BCUT2D eigenvalue weighted by molar-refractivity contribution is 5.76. The van der Waals surface area contributed by atoms with E-state index in [-0.39, 0.29) is 0 Å². The van der Waals surface area contributed by atoms with Gasteiger partial charge in [0.25, 0.3) is 0 Å². The number of carboxylic acids is 1. The van der Waals surface area contributed by atoms with Crippen molar-refractivity contribution in [2.24, 2.45) is 0 Å². The van der Waals surface area contributed by atoms with E-state index in [9.17, 15) is 4.79 Å². The molecule has 0 amide bonds. The Kier molecular flexibility index (Phi) is 4.10. The fourth-order valence-electron chi connectivity index (χ4n) is 1.51. The van der Waals surface area contributed by atoms with Crippen molar-refractivity contribution in [2.45, 2.75) is 25.7 Å². The Morgan fingerprint density at radius 3 is 2.47 bits per heavy atom. The van der Waals surface area contributed by atoms with Crippen LogP contribution >= 0.6 is 0 Å². The summed E-state index contributed by atoms with van der Waals surface area (Å²) in [5.74, 6) is -1.18. The van der Waals surface area contributed by atoms with Gasteiger partial charge in [-0.2, -0.15) is 0 Å². The van der Waals surface area contributed by atoms with Crippen LogP contribution in [0.5, 0.6) is 0 Å². The molecule has 0 saturated heterocycles. The highest BCUT2D eigenvalue weighted by Crippen LogP contribution is 2.22. The molecule has 1 aromatic rings. The molecule has 0 spiro atoms. The molecule has 2 heteroatoms. The van der Waals surface area contributed by atoms with Gasteiger partial charge < -0.3 is 5.11 Å². The van der Waals surface area contributed by atoms with Crippen molar-refractivity contribution in [1.82, 2.24) is 0 Å². The molecule has 0 radical (unpaired) electrons. The second kappa shape index (κ2) is 5.35. The zero-order chi connectivity index (χ0) is 11.3. The summed E-state index contributed by atoms with van der Waals surface area (Å²) in [5.41, 5.74) is 1.89. The summed E-state index contributed by atoms with van der Waals surface area (Å²) >= 11 is 0. The molecule has 0 aliphatic rings. The van der Waals surface area contributed by atoms with E-state index in [1.165, 1.54) is 0 Å². The zero-order valence-electron chi connectivity index (χ0n) is 8.94. The molecule has 1 aromatic carbocycles. The van der Waals surface area contributed by atoms with E-state index in [2.05, 4.69) is 6.58 Å². The van der Waals surface area contributed by atoms with Crippen molar-refractivity contribution in [3.8, 4) is 0 Å². The van der Waals surface area contributed by atoms with Gasteiger partial charge in [0.2, 0.25) is 0 Å². The van der Waals surface area contributed by atoms with Crippen LogP contribution in [-0.2, 0) is 4.79 Å². The number of hydrogen-bond acceptors (Lipinski definition) is 1. The Hall–Kier alpha value is -1.57. The molecule has 0 aromatic heterocycles. The van der Waals surface area contributed by atoms with Crippen LogP contribution in [0, 0.1) is 0 Å². The van der Waals surface area contributed by atoms with Crippen molar-refractivity contribution < 1.29 is 9.90 Å². The van der Waals surface area contributed by atoms with Gasteiger partial charge in [0.05, 0.1) is 5.92 Å². The predicted octanol–water partition coefficient (Wildman–Crippen LogP) is 3.21. The molecule has 15 heavy (non-hydrogen) atoms. The topological polar surface area (TPSA) is 37.3 Å². The maximum absolute atomic E-state index is 11.1. The van der Waals surface area contributed by atoms with Gasteiger partial charge in [0, 0.05) is 0 Å². The van der Waals surface area contributed by atoms with Gasteiger partial charge in [-0.1, -0.05) is 35.9 Å². The molecule has 1 rings (SSSR count). The number of carboxylic acid groups (broad SMARTS) is 1. The first-order chi connectivity index (χ1) is 7.11. The maximum atomic E-state index is 11.1. The highest BCUT2D eigenvalue weighted by Gasteiger charge is 2.18. The third kappa shape index (κ3) is 3.58. The third-order valence-electron chi connectivity index (χ3n) is 2.36. The SMILES string of the molecule is C=C(C)CCC(C(=O)O)c1ccccc1. The summed E-state index contributed by atoms with van der Waals surface area (Å²) in [6.45, 7) is 5.71. The van der Waals surface area contributed by atoms with E-state index >= 15 is 0 Å². The Morgan fingerprint density at radius 2 is 2.00 bits per heavy atom. The number of aliphatic carboxylic acids is 1. The molecule has 0 aliphatic carbocycles. The number of hydrogen-bond donors (Lipinski definition) is 1. The summed E-state index contributed by atoms with van der Waals surface area (Å²) < 4.78 is 0. The van der Waals surface area contributed by atoms with Crippen LogP contribution in [0.15, 0.2) is 42.5 Å². The molecule has 1 unspecified atom stereocenters. The normalized spacial score (nSPS) is 12.1. The van der Waals surface area contributed by atoms with Crippen molar-refractivity contribution in [1.29, 1.82) is 0 Å². The summed E-state index contributed by atoms with van der Waals surface area (Å²) in [7, 11) is 0. The second-order valence-corrected chi connectivity index (χ2v) is 3.80. The van der Waals surface area contributed by atoms with Crippen molar-refractivity contribution in [3.05, 3.63) is 48.0 Å². The lowest BCUT2D eigenvalue weighted by atomic mass is 9.93. The van der Waals surface area contributed by atoms with Crippen LogP contribution < -0.4 is 0 Å². The quantitative estimate of drug-likeness (QED) is 0.748. The van der Waals surface area contributed by atoms with Crippen LogP contribution in [0.4, 0.5) is 0 Å². The third-order valence-corrected chi connectivity index (χ3v) is 2.36. The Balaban J connectivity index is 2.75. The summed E-state index contributed by atoms with van der Waals surface area (Å²) in [6, 6.07) is 9.34. The molecule has 1 atom stereocenters. The average Bonchev–Trinajstić information content (AvgIpc) is 2.18. The van der Waals surface area contributed by atoms with E-state index in [1.54, 1.807) is 0 Å². The van der Waals surface area contributed by atoms with Gasteiger partial charge in [0.15, 0.2) is 0 Å². The fourth-order valence-corrected chi connectivity index (χ4v) is 1.51. The summed E-state index contributed by atoms with van der Waals surface area (Å²) in [6.07, 6.45) is 1.38. The van der Waals surface area contributed by atoms with Crippen LogP contribution in [0.1, 0.15) is 31.2 Å². The first-order valence-electron chi connectivity index (χ1n) is 5.03.